The summed E-state index contributed by atoms with van der Waals surface area (Å²) in [4.78, 5) is 28.0. The van der Waals surface area contributed by atoms with Crippen LogP contribution in [0, 0.1) is 0 Å². The number of hydrogen-bond acceptors (Lipinski definition) is 5. The van der Waals surface area contributed by atoms with Crippen LogP contribution in [0.25, 0.3) is 22.6 Å². The van der Waals surface area contributed by atoms with Crippen molar-refractivity contribution in [2.75, 3.05) is 0 Å². The van der Waals surface area contributed by atoms with Gasteiger partial charge in [0.25, 0.3) is 0 Å². The van der Waals surface area contributed by atoms with E-state index in [1.54, 1.807) is 18.6 Å². The molecule has 0 saturated carbocycles. The molecule has 7 heteroatoms. The number of hydrogen-bond donors (Lipinski definition) is 2. The Balaban J connectivity index is 1.76. The maximum Gasteiger partial charge on any atom is 0.329 e. The summed E-state index contributed by atoms with van der Waals surface area (Å²) in [5.74, 6) is 0. The Morgan fingerprint density at radius 1 is 1.12 bits per heavy atom. The Kier molecular flexibility index (Phi) is 3.83. The normalized spacial score (nSPS) is 11.1. The number of imidazole rings is 1. The Hall–Kier alpha value is -3.32. The Morgan fingerprint density at radius 2 is 2.00 bits per heavy atom. The summed E-state index contributed by atoms with van der Waals surface area (Å²) in [5.41, 5.74) is 3.84. The van der Waals surface area contributed by atoms with Crippen molar-refractivity contribution in [2.24, 2.45) is 0 Å². The molecule has 0 amide bonds. The lowest BCUT2D eigenvalue weighted by molar-refractivity contribution is 0.282. The van der Waals surface area contributed by atoms with Crippen molar-refractivity contribution in [3.63, 3.8) is 0 Å². The first-order valence-electron chi connectivity index (χ1n) is 7.79. The molecule has 0 bridgehead atoms. The fourth-order valence-corrected chi connectivity index (χ4v) is 2.72. The summed E-state index contributed by atoms with van der Waals surface area (Å²) in [5, 5.41) is 9.27. The van der Waals surface area contributed by atoms with Crippen LogP contribution in [-0.2, 0) is 13.2 Å². The average molecular weight is 333 g/mol. The summed E-state index contributed by atoms with van der Waals surface area (Å²) in [6.07, 6.45) is 5.04. The highest BCUT2D eigenvalue weighted by Gasteiger charge is 2.12. The smallest absolute Gasteiger partial charge is 0.329 e. The van der Waals surface area contributed by atoms with Gasteiger partial charge in [0.2, 0.25) is 0 Å². The molecule has 7 nitrogen and oxygen atoms in total. The van der Waals surface area contributed by atoms with Crippen molar-refractivity contribution in [3.8, 4) is 11.3 Å². The van der Waals surface area contributed by atoms with E-state index < -0.39 is 0 Å². The zero-order valence-electron chi connectivity index (χ0n) is 13.3. The monoisotopic (exact) mass is 333 g/mol. The van der Waals surface area contributed by atoms with E-state index in [2.05, 4.69) is 19.9 Å². The highest BCUT2D eigenvalue weighted by molar-refractivity contribution is 5.71. The van der Waals surface area contributed by atoms with E-state index in [-0.39, 0.29) is 12.3 Å². The Bertz CT molecular complexity index is 1090. The first kappa shape index (κ1) is 15.2. The van der Waals surface area contributed by atoms with Gasteiger partial charge >= 0.3 is 5.69 Å². The molecule has 0 fully saturated rings. The molecular formula is C18H15N5O2. The van der Waals surface area contributed by atoms with Gasteiger partial charge in [-0.25, -0.2) is 14.8 Å². The molecule has 2 N–H and O–H groups in total. The van der Waals surface area contributed by atoms with Crippen molar-refractivity contribution < 1.29 is 5.11 Å². The number of H-pyrrole nitrogens is 1. The molecule has 0 aliphatic rings. The number of nitrogens with zero attached hydrogens (tertiary/aromatic N) is 4. The second-order valence-electron chi connectivity index (χ2n) is 5.66. The zero-order valence-corrected chi connectivity index (χ0v) is 13.3. The number of rotatable bonds is 4. The zero-order chi connectivity index (χ0) is 17.2. The number of nitrogens with one attached hydrogen (secondary N) is 1. The predicted molar refractivity (Wildman–Crippen MR) is 92.8 cm³/mol. The van der Waals surface area contributed by atoms with Crippen LogP contribution < -0.4 is 5.69 Å². The highest BCUT2D eigenvalue weighted by Crippen LogP contribution is 2.19. The lowest BCUT2D eigenvalue weighted by Gasteiger charge is -2.04. The third-order valence-corrected chi connectivity index (χ3v) is 3.95. The summed E-state index contributed by atoms with van der Waals surface area (Å²) in [6, 6.07) is 11.2. The molecule has 25 heavy (non-hydrogen) atoms. The van der Waals surface area contributed by atoms with E-state index in [9.17, 15) is 9.90 Å². The Labute approximate surface area is 142 Å². The van der Waals surface area contributed by atoms with Crippen LogP contribution in [0.1, 0.15) is 11.1 Å². The summed E-state index contributed by atoms with van der Waals surface area (Å²) < 4.78 is 1.53. The average Bonchev–Trinajstić information content (AvgIpc) is 2.97. The van der Waals surface area contributed by atoms with Gasteiger partial charge in [-0.15, -0.1) is 0 Å². The van der Waals surface area contributed by atoms with Gasteiger partial charge in [0.15, 0.2) is 11.3 Å². The minimum Gasteiger partial charge on any atom is -0.392 e. The third kappa shape index (κ3) is 2.92. The lowest BCUT2D eigenvalue weighted by atomic mass is 10.1. The molecule has 4 rings (SSSR count). The fraction of sp³-hybridized carbons (Fsp3) is 0.111. The third-order valence-electron chi connectivity index (χ3n) is 3.95. The molecule has 1 aromatic carbocycles. The van der Waals surface area contributed by atoms with Gasteiger partial charge in [0, 0.05) is 18.0 Å². The van der Waals surface area contributed by atoms with E-state index >= 15 is 0 Å². The molecule has 124 valence electrons. The quantitative estimate of drug-likeness (QED) is 0.593. The number of pyridine rings is 1. The SMILES string of the molecule is O=c1[nH]c2nc(-c3cccc(CO)c3)cnc2n1Cc1cccnc1. The number of aliphatic hydroxyl groups is 1. The highest BCUT2D eigenvalue weighted by atomic mass is 16.3. The number of aliphatic hydroxyl groups excluding tert-OH is 1. The number of aromatic nitrogens is 5. The van der Waals surface area contributed by atoms with Crippen LogP contribution in [0.15, 0.2) is 59.8 Å². The van der Waals surface area contributed by atoms with Gasteiger partial charge < -0.3 is 5.11 Å². The summed E-state index contributed by atoms with van der Waals surface area (Å²) >= 11 is 0. The van der Waals surface area contributed by atoms with Gasteiger partial charge in [0.05, 0.1) is 25.0 Å². The van der Waals surface area contributed by atoms with Crippen molar-refractivity contribution >= 4 is 11.3 Å². The Morgan fingerprint density at radius 3 is 2.80 bits per heavy atom. The van der Waals surface area contributed by atoms with Gasteiger partial charge in [-0.1, -0.05) is 24.3 Å². The molecule has 3 heterocycles. The lowest BCUT2D eigenvalue weighted by Crippen LogP contribution is -2.17. The van der Waals surface area contributed by atoms with E-state index in [4.69, 9.17) is 0 Å². The topological polar surface area (TPSA) is 96.7 Å². The van der Waals surface area contributed by atoms with Crippen LogP contribution >= 0.6 is 0 Å². The van der Waals surface area contributed by atoms with E-state index in [0.29, 0.717) is 23.5 Å². The molecular weight excluding hydrogens is 318 g/mol. The van der Waals surface area contributed by atoms with Crippen LogP contribution in [-0.4, -0.2) is 29.6 Å². The molecule has 0 atom stereocenters. The number of fused-ring (bicyclic) bond motifs is 1. The molecule has 0 aliphatic heterocycles. The first-order valence-corrected chi connectivity index (χ1v) is 7.79. The van der Waals surface area contributed by atoms with Gasteiger partial charge in [-0.2, -0.15) is 0 Å². The van der Waals surface area contributed by atoms with Gasteiger partial charge in [-0.3, -0.25) is 14.5 Å². The van der Waals surface area contributed by atoms with Crippen molar-refractivity contribution in [2.45, 2.75) is 13.2 Å². The van der Waals surface area contributed by atoms with Crippen molar-refractivity contribution in [1.82, 2.24) is 24.5 Å². The van der Waals surface area contributed by atoms with E-state index in [0.717, 1.165) is 16.7 Å². The largest absolute Gasteiger partial charge is 0.392 e. The second kappa shape index (κ2) is 6.29. The van der Waals surface area contributed by atoms with Crippen molar-refractivity contribution in [1.29, 1.82) is 0 Å². The summed E-state index contributed by atoms with van der Waals surface area (Å²) in [6.45, 7) is 0.336. The molecule has 0 unspecified atom stereocenters. The molecule has 0 spiro atoms. The van der Waals surface area contributed by atoms with E-state index in [1.807, 2.05) is 36.4 Å². The maximum absolute atomic E-state index is 12.3. The molecule has 3 aromatic heterocycles. The van der Waals surface area contributed by atoms with Crippen LogP contribution in [0.3, 0.4) is 0 Å². The molecule has 0 radical (unpaired) electrons. The van der Waals surface area contributed by atoms with E-state index in [1.165, 1.54) is 4.57 Å². The minimum absolute atomic E-state index is 0.0398. The van der Waals surface area contributed by atoms with Crippen LogP contribution in [0.4, 0.5) is 0 Å². The number of aromatic amines is 1. The standard InChI is InChI=1S/C18H15N5O2/c24-11-12-3-1-5-14(7-12)15-9-20-17-16(21-15)22-18(25)23(17)10-13-4-2-6-19-8-13/h1-9,24H,10-11H2,(H,21,22,25). The minimum atomic E-state index is -0.264. The second-order valence-corrected chi connectivity index (χ2v) is 5.66. The summed E-state index contributed by atoms with van der Waals surface area (Å²) in [7, 11) is 0. The van der Waals surface area contributed by atoms with Crippen LogP contribution in [0.5, 0.6) is 0 Å². The first-order chi connectivity index (χ1) is 12.2. The maximum atomic E-state index is 12.3. The number of benzene rings is 1. The van der Waals surface area contributed by atoms with Gasteiger partial charge in [-0.05, 0) is 23.3 Å². The van der Waals surface area contributed by atoms with Crippen LogP contribution in [0.2, 0.25) is 0 Å². The molecule has 4 aromatic rings. The van der Waals surface area contributed by atoms with Gasteiger partial charge in [0.1, 0.15) is 0 Å². The molecule has 0 saturated heterocycles. The predicted octanol–water partition coefficient (Wildman–Crippen LogP) is 1.72. The van der Waals surface area contributed by atoms with Crippen molar-refractivity contribution in [3.05, 3.63) is 76.6 Å². The molecule has 0 aliphatic carbocycles. The fourth-order valence-electron chi connectivity index (χ4n) is 2.72.